The van der Waals surface area contributed by atoms with Crippen LogP contribution in [0.5, 0.6) is 0 Å². The van der Waals surface area contributed by atoms with Crippen LogP contribution >= 0.6 is 15.9 Å². The first kappa shape index (κ1) is 10.1. The lowest BCUT2D eigenvalue weighted by Crippen LogP contribution is -1.99. The van der Waals surface area contributed by atoms with Crippen molar-refractivity contribution in [2.75, 3.05) is 13.2 Å². The van der Waals surface area contributed by atoms with Gasteiger partial charge in [0, 0.05) is 17.0 Å². The zero-order valence-electron chi connectivity index (χ0n) is 7.87. The Balaban J connectivity index is 2.25. The van der Waals surface area contributed by atoms with E-state index < -0.39 is 0 Å². The van der Waals surface area contributed by atoms with E-state index in [1.165, 1.54) is 5.56 Å². The summed E-state index contributed by atoms with van der Waals surface area (Å²) < 4.78 is 6.44. The van der Waals surface area contributed by atoms with Crippen molar-refractivity contribution >= 4 is 15.9 Å². The van der Waals surface area contributed by atoms with E-state index >= 15 is 0 Å². The number of halogens is 1. The zero-order valence-corrected chi connectivity index (χ0v) is 9.46. The lowest BCUT2D eigenvalue weighted by Gasteiger charge is -2.11. The Labute approximate surface area is 92.0 Å². The van der Waals surface area contributed by atoms with Crippen LogP contribution in [0.2, 0.25) is 0 Å². The SMILES string of the molecule is OCc1ccc(C2CCOC2)c(Br)c1. The Morgan fingerprint density at radius 1 is 1.50 bits per heavy atom. The second-order valence-electron chi connectivity index (χ2n) is 3.57. The average molecular weight is 257 g/mol. The molecule has 0 aliphatic carbocycles. The molecule has 2 rings (SSSR count). The maximum Gasteiger partial charge on any atom is 0.0682 e. The van der Waals surface area contributed by atoms with Crippen molar-refractivity contribution in [3.05, 3.63) is 33.8 Å². The first-order valence-electron chi connectivity index (χ1n) is 4.78. The molecule has 1 aliphatic heterocycles. The van der Waals surface area contributed by atoms with Gasteiger partial charge < -0.3 is 9.84 Å². The van der Waals surface area contributed by atoms with Gasteiger partial charge in [-0.25, -0.2) is 0 Å². The van der Waals surface area contributed by atoms with Crippen LogP contribution in [0, 0.1) is 0 Å². The van der Waals surface area contributed by atoms with Gasteiger partial charge in [0.1, 0.15) is 0 Å². The van der Waals surface area contributed by atoms with Gasteiger partial charge in [0.05, 0.1) is 13.2 Å². The molecule has 1 aliphatic rings. The molecule has 1 unspecified atom stereocenters. The molecule has 0 bridgehead atoms. The van der Waals surface area contributed by atoms with Crippen molar-refractivity contribution in [1.29, 1.82) is 0 Å². The minimum absolute atomic E-state index is 0.0973. The minimum atomic E-state index is 0.0973. The summed E-state index contributed by atoms with van der Waals surface area (Å²) in [7, 11) is 0. The number of hydrogen-bond donors (Lipinski definition) is 1. The summed E-state index contributed by atoms with van der Waals surface area (Å²) in [5, 5.41) is 8.97. The highest BCUT2D eigenvalue weighted by Gasteiger charge is 2.19. The van der Waals surface area contributed by atoms with Gasteiger partial charge in [-0.1, -0.05) is 28.1 Å². The first-order valence-corrected chi connectivity index (χ1v) is 5.57. The van der Waals surface area contributed by atoms with Gasteiger partial charge in [0.25, 0.3) is 0 Å². The Morgan fingerprint density at radius 3 is 2.93 bits per heavy atom. The molecule has 1 fully saturated rings. The maximum atomic E-state index is 8.97. The van der Waals surface area contributed by atoms with Crippen molar-refractivity contribution in [1.82, 2.24) is 0 Å². The highest BCUT2D eigenvalue weighted by Crippen LogP contribution is 2.31. The van der Waals surface area contributed by atoms with Crippen molar-refractivity contribution in [2.45, 2.75) is 18.9 Å². The Hall–Kier alpha value is -0.380. The molecule has 1 N–H and O–H groups in total. The third-order valence-corrected chi connectivity index (χ3v) is 3.30. The van der Waals surface area contributed by atoms with Gasteiger partial charge >= 0.3 is 0 Å². The van der Waals surface area contributed by atoms with E-state index in [4.69, 9.17) is 9.84 Å². The molecule has 0 amide bonds. The summed E-state index contributed by atoms with van der Waals surface area (Å²) in [5.41, 5.74) is 2.24. The van der Waals surface area contributed by atoms with Crippen LogP contribution in [0.25, 0.3) is 0 Å². The van der Waals surface area contributed by atoms with Crippen molar-refractivity contribution < 1.29 is 9.84 Å². The summed E-state index contributed by atoms with van der Waals surface area (Å²) in [6.07, 6.45) is 1.09. The Morgan fingerprint density at radius 2 is 2.36 bits per heavy atom. The van der Waals surface area contributed by atoms with Crippen LogP contribution in [-0.2, 0) is 11.3 Å². The van der Waals surface area contributed by atoms with Gasteiger partial charge in [-0.3, -0.25) is 0 Å². The van der Waals surface area contributed by atoms with Gasteiger partial charge in [0.15, 0.2) is 0 Å². The molecule has 76 valence electrons. The zero-order chi connectivity index (χ0) is 9.97. The lowest BCUT2D eigenvalue weighted by atomic mass is 9.97. The minimum Gasteiger partial charge on any atom is -0.392 e. The second kappa shape index (κ2) is 4.43. The topological polar surface area (TPSA) is 29.5 Å². The molecule has 3 heteroatoms. The van der Waals surface area contributed by atoms with Crippen molar-refractivity contribution in [3.8, 4) is 0 Å². The molecule has 1 saturated heterocycles. The van der Waals surface area contributed by atoms with Crippen molar-refractivity contribution in [3.63, 3.8) is 0 Å². The highest BCUT2D eigenvalue weighted by molar-refractivity contribution is 9.10. The predicted octanol–water partition coefficient (Wildman–Crippen LogP) is 2.45. The maximum absolute atomic E-state index is 8.97. The van der Waals surface area contributed by atoms with Crippen LogP contribution in [0.3, 0.4) is 0 Å². The lowest BCUT2D eigenvalue weighted by molar-refractivity contribution is 0.194. The molecule has 0 saturated carbocycles. The Kier molecular flexibility index (Phi) is 3.21. The number of hydrogen-bond acceptors (Lipinski definition) is 2. The molecule has 1 atom stereocenters. The van der Waals surface area contributed by atoms with E-state index in [1.807, 2.05) is 12.1 Å². The largest absolute Gasteiger partial charge is 0.392 e. The van der Waals surface area contributed by atoms with E-state index in [1.54, 1.807) is 0 Å². The van der Waals surface area contributed by atoms with Crippen LogP contribution in [0.1, 0.15) is 23.5 Å². The molecule has 1 aromatic carbocycles. The van der Waals surface area contributed by atoms with E-state index in [9.17, 15) is 0 Å². The average Bonchev–Trinajstić information content (AvgIpc) is 2.70. The summed E-state index contributed by atoms with van der Waals surface area (Å²) in [4.78, 5) is 0. The number of aliphatic hydroxyl groups excluding tert-OH is 1. The molecular formula is C11H13BrO2. The van der Waals surface area contributed by atoms with Gasteiger partial charge in [-0.15, -0.1) is 0 Å². The molecule has 1 aromatic rings. The molecule has 0 spiro atoms. The number of aliphatic hydroxyl groups is 1. The summed E-state index contributed by atoms with van der Waals surface area (Å²) in [5.74, 6) is 0.511. The number of rotatable bonds is 2. The van der Waals surface area contributed by atoms with E-state index in [2.05, 4.69) is 22.0 Å². The number of ether oxygens (including phenoxy) is 1. The van der Waals surface area contributed by atoms with E-state index in [0.717, 1.165) is 29.7 Å². The normalized spacial score (nSPS) is 21.4. The smallest absolute Gasteiger partial charge is 0.0682 e. The highest BCUT2D eigenvalue weighted by atomic mass is 79.9. The van der Waals surface area contributed by atoms with Crippen LogP contribution in [0.15, 0.2) is 22.7 Å². The number of benzene rings is 1. The standard InChI is InChI=1S/C11H13BrO2/c12-11-5-8(6-13)1-2-10(11)9-3-4-14-7-9/h1-2,5,9,13H,3-4,6-7H2. The summed E-state index contributed by atoms with van der Waals surface area (Å²) in [6, 6.07) is 6.03. The molecule has 0 radical (unpaired) electrons. The van der Waals surface area contributed by atoms with Crippen molar-refractivity contribution in [2.24, 2.45) is 0 Å². The van der Waals surface area contributed by atoms with Crippen LogP contribution in [-0.4, -0.2) is 18.3 Å². The predicted molar refractivity (Wildman–Crippen MR) is 58.2 cm³/mol. The molecule has 2 nitrogen and oxygen atoms in total. The van der Waals surface area contributed by atoms with Gasteiger partial charge in [0.2, 0.25) is 0 Å². The third kappa shape index (κ3) is 2.00. The summed E-state index contributed by atoms with van der Waals surface area (Å²) in [6.45, 7) is 1.77. The van der Waals surface area contributed by atoms with E-state index in [-0.39, 0.29) is 6.61 Å². The summed E-state index contributed by atoms with van der Waals surface area (Å²) >= 11 is 3.53. The fraction of sp³-hybridized carbons (Fsp3) is 0.455. The van der Waals surface area contributed by atoms with Crippen LogP contribution in [0.4, 0.5) is 0 Å². The second-order valence-corrected chi connectivity index (χ2v) is 4.43. The van der Waals surface area contributed by atoms with Gasteiger partial charge in [-0.2, -0.15) is 0 Å². The molecular weight excluding hydrogens is 244 g/mol. The third-order valence-electron chi connectivity index (χ3n) is 2.62. The quantitative estimate of drug-likeness (QED) is 0.881. The molecule has 0 aromatic heterocycles. The first-order chi connectivity index (χ1) is 6.81. The monoisotopic (exact) mass is 256 g/mol. The fourth-order valence-electron chi connectivity index (χ4n) is 1.78. The molecule has 14 heavy (non-hydrogen) atoms. The van der Waals surface area contributed by atoms with Crippen LogP contribution < -0.4 is 0 Å². The Bertz CT molecular complexity index is 319. The fourth-order valence-corrected chi connectivity index (χ4v) is 2.53. The molecule has 1 heterocycles. The van der Waals surface area contributed by atoms with E-state index in [0.29, 0.717) is 5.92 Å². The van der Waals surface area contributed by atoms with Gasteiger partial charge in [-0.05, 0) is 23.6 Å².